The number of esters is 3. The molecule has 0 heterocycles. The second-order valence-electron chi connectivity index (χ2n) is 19.9. The van der Waals surface area contributed by atoms with Gasteiger partial charge >= 0.3 is 17.9 Å². The molecule has 0 bridgehead atoms. The SMILES string of the molecule is CCCCC/C=C/C/C=C/CCCCCCCC(=O)O[C@H](COC(=O)CCCCCCCCCCCCCCCC)COC(=O)CCCCCCCCCCCCCCCCCCCCC. The van der Waals surface area contributed by atoms with Crippen molar-refractivity contribution < 1.29 is 28.6 Å². The van der Waals surface area contributed by atoms with E-state index in [1.54, 1.807) is 0 Å². The maximum Gasteiger partial charge on any atom is 0.306 e. The highest BCUT2D eigenvalue weighted by molar-refractivity contribution is 5.71. The molecule has 0 saturated carbocycles. The van der Waals surface area contributed by atoms with Crippen LogP contribution >= 0.6 is 0 Å². The number of carbonyl (C=O) groups excluding carboxylic acids is 3. The Bertz CT molecular complexity index is 1070. The lowest BCUT2D eigenvalue weighted by atomic mass is 10.0. The Kier molecular flexibility index (Phi) is 53.7. The van der Waals surface area contributed by atoms with Crippen LogP contribution < -0.4 is 0 Å². The first kappa shape index (κ1) is 63.9. The first-order chi connectivity index (χ1) is 32.5. The average molecular weight is 930 g/mol. The summed E-state index contributed by atoms with van der Waals surface area (Å²) >= 11 is 0. The van der Waals surface area contributed by atoms with E-state index in [1.807, 2.05) is 0 Å². The molecule has 0 aliphatic heterocycles. The van der Waals surface area contributed by atoms with Crippen LogP contribution in [0.2, 0.25) is 0 Å². The van der Waals surface area contributed by atoms with Crippen LogP contribution in [0.5, 0.6) is 0 Å². The van der Waals surface area contributed by atoms with E-state index in [1.165, 1.54) is 205 Å². The summed E-state index contributed by atoms with van der Waals surface area (Å²) in [4.78, 5) is 38.1. The minimum absolute atomic E-state index is 0.0714. The number of allylic oxidation sites excluding steroid dienone is 4. The van der Waals surface area contributed by atoms with Gasteiger partial charge in [0.25, 0.3) is 0 Å². The lowest BCUT2D eigenvalue weighted by Crippen LogP contribution is -2.30. The monoisotopic (exact) mass is 929 g/mol. The molecular formula is C60H112O6. The number of ether oxygens (including phenoxy) is 3. The quantitative estimate of drug-likeness (QED) is 0.0262. The number of carbonyl (C=O) groups is 3. The minimum Gasteiger partial charge on any atom is -0.462 e. The minimum atomic E-state index is -0.773. The number of unbranched alkanes of at least 4 members (excludes halogenated alkanes) is 39. The molecule has 0 radical (unpaired) electrons. The summed E-state index contributed by atoms with van der Waals surface area (Å²) in [5.74, 6) is -0.863. The lowest BCUT2D eigenvalue weighted by Gasteiger charge is -2.18. The zero-order valence-electron chi connectivity index (χ0n) is 44.5. The van der Waals surface area contributed by atoms with Gasteiger partial charge in [0.1, 0.15) is 13.2 Å². The maximum atomic E-state index is 12.8. The second-order valence-corrected chi connectivity index (χ2v) is 19.9. The third kappa shape index (κ3) is 52.9. The number of hydrogen-bond donors (Lipinski definition) is 0. The summed E-state index contributed by atoms with van der Waals surface area (Å²) in [6.07, 6.45) is 64.5. The van der Waals surface area contributed by atoms with Crippen molar-refractivity contribution in [3.63, 3.8) is 0 Å². The van der Waals surface area contributed by atoms with E-state index >= 15 is 0 Å². The predicted octanol–water partition coefficient (Wildman–Crippen LogP) is 19.5. The number of rotatable bonds is 54. The largest absolute Gasteiger partial charge is 0.462 e. The summed E-state index contributed by atoms with van der Waals surface area (Å²) in [7, 11) is 0. The molecule has 0 spiro atoms. The fraction of sp³-hybridized carbons (Fsp3) is 0.883. The van der Waals surface area contributed by atoms with Crippen molar-refractivity contribution in [2.45, 2.75) is 329 Å². The Morgan fingerprint density at radius 1 is 0.303 bits per heavy atom. The van der Waals surface area contributed by atoms with Crippen LogP contribution in [-0.4, -0.2) is 37.2 Å². The van der Waals surface area contributed by atoms with Crippen molar-refractivity contribution in [1.29, 1.82) is 0 Å². The molecule has 66 heavy (non-hydrogen) atoms. The highest BCUT2D eigenvalue weighted by Gasteiger charge is 2.19. The van der Waals surface area contributed by atoms with Crippen molar-refractivity contribution in [2.75, 3.05) is 13.2 Å². The fourth-order valence-corrected chi connectivity index (χ4v) is 8.77. The van der Waals surface area contributed by atoms with Gasteiger partial charge in [0.15, 0.2) is 6.10 Å². The molecule has 0 fully saturated rings. The van der Waals surface area contributed by atoms with Gasteiger partial charge in [-0.2, -0.15) is 0 Å². The van der Waals surface area contributed by atoms with E-state index in [2.05, 4.69) is 45.1 Å². The topological polar surface area (TPSA) is 78.9 Å². The molecular weight excluding hydrogens is 817 g/mol. The molecule has 0 aromatic rings. The molecule has 0 aromatic heterocycles. The fourth-order valence-electron chi connectivity index (χ4n) is 8.77. The Hall–Kier alpha value is -2.11. The molecule has 0 unspecified atom stereocenters. The standard InChI is InChI=1S/C60H112O6/c1-4-7-10-13-16-19-22-25-28-29-30-31-33-35-38-41-44-47-50-53-59(62)65-56-57(55-64-58(61)52-49-46-43-40-37-34-27-24-21-18-15-12-9-6-3)66-60(63)54-51-48-45-42-39-36-32-26-23-20-17-14-11-8-5-2/h17,20,26,32,57H,4-16,18-19,21-25,27-31,33-56H2,1-3H3/b20-17+,32-26+/t57-/m1/s1. The zero-order chi connectivity index (χ0) is 47.9. The van der Waals surface area contributed by atoms with Crippen molar-refractivity contribution in [3.05, 3.63) is 24.3 Å². The molecule has 388 valence electrons. The van der Waals surface area contributed by atoms with Gasteiger partial charge in [0.2, 0.25) is 0 Å². The van der Waals surface area contributed by atoms with Gasteiger partial charge in [-0.15, -0.1) is 0 Å². The third-order valence-corrected chi connectivity index (χ3v) is 13.2. The Morgan fingerprint density at radius 2 is 0.545 bits per heavy atom. The molecule has 0 N–H and O–H groups in total. The van der Waals surface area contributed by atoms with Gasteiger partial charge < -0.3 is 14.2 Å². The van der Waals surface area contributed by atoms with E-state index in [0.717, 1.165) is 77.0 Å². The summed E-state index contributed by atoms with van der Waals surface area (Å²) < 4.78 is 16.9. The summed E-state index contributed by atoms with van der Waals surface area (Å²) in [6.45, 7) is 6.66. The van der Waals surface area contributed by atoms with Gasteiger partial charge in [0, 0.05) is 19.3 Å². The number of hydrogen-bond acceptors (Lipinski definition) is 6. The first-order valence-electron chi connectivity index (χ1n) is 29.3. The van der Waals surface area contributed by atoms with E-state index in [4.69, 9.17) is 14.2 Å². The Labute approximate surface area is 411 Å². The Morgan fingerprint density at radius 3 is 0.864 bits per heavy atom. The van der Waals surface area contributed by atoms with Gasteiger partial charge in [-0.05, 0) is 51.4 Å². The molecule has 0 rings (SSSR count). The highest BCUT2D eigenvalue weighted by Crippen LogP contribution is 2.17. The van der Waals surface area contributed by atoms with E-state index < -0.39 is 6.10 Å². The van der Waals surface area contributed by atoms with Crippen LogP contribution in [-0.2, 0) is 28.6 Å². The van der Waals surface area contributed by atoms with Crippen LogP contribution in [0.4, 0.5) is 0 Å². The molecule has 0 aliphatic carbocycles. The second kappa shape index (κ2) is 55.5. The van der Waals surface area contributed by atoms with Crippen molar-refractivity contribution in [1.82, 2.24) is 0 Å². The van der Waals surface area contributed by atoms with Crippen molar-refractivity contribution in [2.24, 2.45) is 0 Å². The molecule has 0 aromatic carbocycles. The summed E-state index contributed by atoms with van der Waals surface area (Å²) in [6, 6.07) is 0. The van der Waals surface area contributed by atoms with Crippen LogP contribution in [0.25, 0.3) is 0 Å². The van der Waals surface area contributed by atoms with E-state index in [9.17, 15) is 14.4 Å². The van der Waals surface area contributed by atoms with E-state index in [0.29, 0.717) is 19.3 Å². The van der Waals surface area contributed by atoms with Crippen LogP contribution in [0, 0.1) is 0 Å². The average Bonchev–Trinajstić information content (AvgIpc) is 3.31. The van der Waals surface area contributed by atoms with Crippen molar-refractivity contribution >= 4 is 17.9 Å². The van der Waals surface area contributed by atoms with E-state index in [-0.39, 0.29) is 31.1 Å². The maximum absolute atomic E-state index is 12.8. The summed E-state index contributed by atoms with van der Waals surface area (Å²) in [5, 5.41) is 0. The summed E-state index contributed by atoms with van der Waals surface area (Å²) in [5.41, 5.74) is 0. The van der Waals surface area contributed by atoms with Crippen molar-refractivity contribution in [3.8, 4) is 0 Å². The van der Waals surface area contributed by atoms with Gasteiger partial charge in [-0.25, -0.2) is 0 Å². The normalized spacial score (nSPS) is 12.1. The molecule has 0 amide bonds. The molecule has 1 atom stereocenters. The van der Waals surface area contributed by atoms with Gasteiger partial charge in [-0.1, -0.05) is 276 Å². The molecule has 0 aliphatic rings. The van der Waals surface area contributed by atoms with Crippen LogP contribution in [0.3, 0.4) is 0 Å². The first-order valence-corrected chi connectivity index (χ1v) is 29.3. The van der Waals surface area contributed by atoms with Crippen LogP contribution in [0.1, 0.15) is 323 Å². The highest BCUT2D eigenvalue weighted by atomic mass is 16.6. The smallest absolute Gasteiger partial charge is 0.306 e. The third-order valence-electron chi connectivity index (χ3n) is 13.2. The Balaban J connectivity index is 4.31. The predicted molar refractivity (Wildman–Crippen MR) is 284 cm³/mol. The molecule has 6 nitrogen and oxygen atoms in total. The molecule has 6 heteroatoms. The van der Waals surface area contributed by atoms with Gasteiger partial charge in [0.05, 0.1) is 0 Å². The lowest BCUT2D eigenvalue weighted by molar-refractivity contribution is -0.167. The molecule has 0 saturated heterocycles. The zero-order valence-corrected chi connectivity index (χ0v) is 44.5. The van der Waals surface area contributed by atoms with Crippen LogP contribution in [0.15, 0.2) is 24.3 Å². The van der Waals surface area contributed by atoms with Gasteiger partial charge in [-0.3, -0.25) is 14.4 Å².